The number of ether oxygens (including phenoxy) is 1. The number of allylic oxidation sites excluding steroid dienone is 2. The quantitative estimate of drug-likeness (QED) is 0.448. The van der Waals surface area contributed by atoms with Crippen LogP contribution in [-0.2, 0) is 14.3 Å². The summed E-state index contributed by atoms with van der Waals surface area (Å²) in [6, 6.07) is 0. The summed E-state index contributed by atoms with van der Waals surface area (Å²) >= 11 is 0. The molecule has 0 fully saturated rings. The number of hydrogen-bond acceptors (Lipinski definition) is 3. The van der Waals surface area contributed by atoms with Gasteiger partial charge in [-0.05, 0) is 19.3 Å². The molecule has 0 aromatic heterocycles. The Morgan fingerprint density at radius 1 is 1.06 bits per heavy atom. The number of ketones is 1. The van der Waals surface area contributed by atoms with E-state index in [2.05, 4.69) is 23.8 Å². The standard InChI is InChI=1S/C13H22O3/c1-3-4-5-6-7-9-12(14)10-8-11-13(15)16-2/h5-6H,3-4,7-11H2,1-2H3/b6-5+. The minimum atomic E-state index is -0.240. The Morgan fingerprint density at radius 3 is 2.38 bits per heavy atom. The SMILES string of the molecule is CCC/C=C/CCC(=O)CCCC(=O)OC. The van der Waals surface area contributed by atoms with Gasteiger partial charge in [0.15, 0.2) is 0 Å². The van der Waals surface area contributed by atoms with E-state index in [1.807, 2.05) is 0 Å². The zero-order valence-electron chi connectivity index (χ0n) is 10.3. The molecule has 0 atom stereocenters. The van der Waals surface area contributed by atoms with E-state index in [9.17, 15) is 9.59 Å². The highest BCUT2D eigenvalue weighted by Gasteiger charge is 2.04. The van der Waals surface area contributed by atoms with Gasteiger partial charge in [0.2, 0.25) is 0 Å². The second-order valence-electron chi connectivity index (χ2n) is 3.77. The average molecular weight is 226 g/mol. The van der Waals surface area contributed by atoms with Crippen molar-refractivity contribution < 1.29 is 14.3 Å². The smallest absolute Gasteiger partial charge is 0.305 e. The predicted octanol–water partition coefficient (Wildman–Crippen LogP) is 3.04. The molecule has 0 aliphatic carbocycles. The van der Waals surface area contributed by atoms with Gasteiger partial charge in [0.05, 0.1) is 7.11 Å². The van der Waals surface area contributed by atoms with E-state index in [4.69, 9.17) is 0 Å². The first kappa shape index (κ1) is 14.9. The molecule has 0 spiro atoms. The fraction of sp³-hybridized carbons (Fsp3) is 0.692. The number of rotatable bonds is 9. The molecular formula is C13H22O3. The summed E-state index contributed by atoms with van der Waals surface area (Å²) in [6.45, 7) is 2.13. The Balaban J connectivity index is 3.41. The molecule has 0 aromatic rings. The van der Waals surface area contributed by atoms with Gasteiger partial charge in [-0.2, -0.15) is 0 Å². The Labute approximate surface area is 97.9 Å². The van der Waals surface area contributed by atoms with Crippen molar-refractivity contribution in [3.8, 4) is 0 Å². The number of Topliss-reactive ketones (excluding diaryl/α,β-unsaturated/α-hetero) is 1. The highest BCUT2D eigenvalue weighted by molar-refractivity contribution is 5.79. The van der Waals surface area contributed by atoms with Gasteiger partial charge in [0.25, 0.3) is 0 Å². The maximum absolute atomic E-state index is 11.4. The van der Waals surface area contributed by atoms with E-state index < -0.39 is 0 Å². The van der Waals surface area contributed by atoms with E-state index >= 15 is 0 Å². The Kier molecular flexibility index (Phi) is 9.67. The van der Waals surface area contributed by atoms with Crippen molar-refractivity contribution in [1.82, 2.24) is 0 Å². The first-order valence-electron chi connectivity index (χ1n) is 5.94. The number of hydrogen-bond donors (Lipinski definition) is 0. The van der Waals surface area contributed by atoms with Gasteiger partial charge in [-0.1, -0.05) is 25.5 Å². The Morgan fingerprint density at radius 2 is 1.75 bits per heavy atom. The van der Waals surface area contributed by atoms with Crippen molar-refractivity contribution in [3.63, 3.8) is 0 Å². The van der Waals surface area contributed by atoms with Crippen LogP contribution < -0.4 is 0 Å². The van der Waals surface area contributed by atoms with E-state index in [1.165, 1.54) is 7.11 Å². The molecule has 0 unspecified atom stereocenters. The number of carbonyl (C=O) groups excluding carboxylic acids is 2. The van der Waals surface area contributed by atoms with Crippen molar-refractivity contribution in [1.29, 1.82) is 0 Å². The molecule has 0 aliphatic heterocycles. The van der Waals surface area contributed by atoms with Crippen molar-refractivity contribution >= 4 is 11.8 Å². The van der Waals surface area contributed by atoms with Crippen LogP contribution in [-0.4, -0.2) is 18.9 Å². The number of carbonyl (C=O) groups is 2. The molecule has 0 heterocycles. The minimum Gasteiger partial charge on any atom is -0.469 e. The van der Waals surface area contributed by atoms with Crippen LogP contribution in [0.5, 0.6) is 0 Å². The molecule has 92 valence electrons. The lowest BCUT2D eigenvalue weighted by Gasteiger charge is -1.99. The van der Waals surface area contributed by atoms with E-state index in [0.29, 0.717) is 25.7 Å². The molecule has 3 nitrogen and oxygen atoms in total. The number of unbranched alkanes of at least 4 members (excludes halogenated alkanes) is 1. The number of esters is 1. The lowest BCUT2D eigenvalue weighted by molar-refractivity contribution is -0.140. The van der Waals surface area contributed by atoms with Crippen molar-refractivity contribution in [2.75, 3.05) is 7.11 Å². The molecule has 0 aliphatic rings. The molecule has 0 saturated carbocycles. The van der Waals surface area contributed by atoms with Crippen LogP contribution in [0.2, 0.25) is 0 Å². The van der Waals surface area contributed by atoms with Gasteiger partial charge in [-0.3, -0.25) is 9.59 Å². The van der Waals surface area contributed by atoms with Crippen LogP contribution >= 0.6 is 0 Å². The van der Waals surface area contributed by atoms with Crippen LogP contribution in [0.15, 0.2) is 12.2 Å². The maximum Gasteiger partial charge on any atom is 0.305 e. The second-order valence-corrected chi connectivity index (χ2v) is 3.77. The van der Waals surface area contributed by atoms with Gasteiger partial charge in [-0.15, -0.1) is 0 Å². The summed E-state index contributed by atoms with van der Waals surface area (Å²) in [4.78, 5) is 22.1. The highest BCUT2D eigenvalue weighted by atomic mass is 16.5. The summed E-state index contributed by atoms with van der Waals surface area (Å²) in [7, 11) is 1.36. The first-order valence-corrected chi connectivity index (χ1v) is 5.94. The molecule has 0 aromatic carbocycles. The highest BCUT2D eigenvalue weighted by Crippen LogP contribution is 2.03. The first-order chi connectivity index (χ1) is 7.70. The molecule has 0 saturated heterocycles. The lowest BCUT2D eigenvalue weighted by Crippen LogP contribution is -2.02. The summed E-state index contributed by atoms with van der Waals surface area (Å²) in [6.07, 6.45) is 9.22. The third-order valence-electron chi connectivity index (χ3n) is 2.28. The molecular weight excluding hydrogens is 204 g/mol. The summed E-state index contributed by atoms with van der Waals surface area (Å²) in [5.41, 5.74) is 0. The largest absolute Gasteiger partial charge is 0.469 e. The second kappa shape index (κ2) is 10.4. The third-order valence-corrected chi connectivity index (χ3v) is 2.28. The molecule has 0 radical (unpaired) electrons. The van der Waals surface area contributed by atoms with Gasteiger partial charge < -0.3 is 4.74 Å². The summed E-state index contributed by atoms with van der Waals surface area (Å²) in [5, 5.41) is 0. The number of methoxy groups -OCH3 is 1. The predicted molar refractivity (Wildman–Crippen MR) is 64.2 cm³/mol. The van der Waals surface area contributed by atoms with Gasteiger partial charge in [-0.25, -0.2) is 0 Å². The zero-order chi connectivity index (χ0) is 12.2. The monoisotopic (exact) mass is 226 g/mol. The maximum atomic E-state index is 11.4. The van der Waals surface area contributed by atoms with Crippen LogP contribution in [0, 0.1) is 0 Å². The Hall–Kier alpha value is -1.12. The molecule has 0 N–H and O–H groups in total. The van der Waals surface area contributed by atoms with Crippen LogP contribution in [0.3, 0.4) is 0 Å². The van der Waals surface area contributed by atoms with Gasteiger partial charge in [0, 0.05) is 19.3 Å². The zero-order valence-corrected chi connectivity index (χ0v) is 10.3. The van der Waals surface area contributed by atoms with E-state index in [0.717, 1.165) is 19.3 Å². The van der Waals surface area contributed by atoms with Crippen LogP contribution in [0.4, 0.5) is 0 Å². The molecule has 0 amide bonds. The normalized spacial score (nSPS) is 10.6. The van der Waals surface area contributed by atoms with Gasteiger partial charge in [0.1, 0.15) is 5.78 Å². The average Bonchev–Trinajstić information content (AvgIpc) is 2.28. The molecule has 3 heteroatoms. The lowest BCUT2D eigenvalue weighted by atomic mass is 10.1. The van der Waals surface area contributed by atoms with Gasteiger partial charge >= 0.3 is 5.97 Å². The fourth-order valence-corrected chi connectivity index (χ4v) is 1.30. The van der Waals surface area contributed by atoms with E-state index in [1.54, 1.807) is 0 Å². The van der Waals surface area contributed by atoms with Crippen LogP contribution in [0.25, 0.3) is 0 Å². The topological polar surface area (TPSA) is 43.4 Å². The third kappa shape index (κ3) is 9.44. The molecule has 0 bridgehead atoms. The van der Waals surface area contributed by atoms with Crippen molar-refractivity contribution in [2.45, 2.75) is 51.9 Å². The van der Waals surface area contributed by atoms with Crippen molar-refractivity contribution in [2.24, 2.45) is 0 Å². The van der Waals surface area contributed by atoms with E-state index in [-0.39, 0.29) is 11.8 Å². The molecule has 0 rings (SSSR count). The summed E-state index contributed by atoms with van der Waals surface area (Å²) in [5.74, 6) is -0.0132. The van der Waals surface area contributed by atoms with Crippen molar-refractivity contribution in [3.05, 3.63) is 12.2 Å². The molecule has 16 heavy (non-hydrogen) atoms. The van der Waals surface area contributed by atoms with Crippen LogP contribution in [0.1, 0.15) is 51.9 Å². The summed E-state index contributed by atoms with van der Waals surface area (Å²) < 4.78 is 4.50. The minimum absolute atomic E-state index is 0.227. The Bertz CT molecular complexity index is 231. The fourth-order valence-electron chi connectivity index (χ4n) is 1.30.